The van der Waals surface area contributed by atoms with Gasteiger partial charge >= 0.3 is 0 Å². The molecule has 0 fully saturated rings. The minimum atomic E-state index is -0.432. The molecule has 2 aromatic heterocycles. The SMILES string of the molecule is Fc1cnc(Cn2nnc3c2CCNC3)nc1. The van der Waals surface area contributed by atoms with Crippen molar-refractivity contribution in [2.45, 2.75) is 19.5 Å². The van der Waals surface area contributed by atoms with Crippen LogP contribution in [0.3, 0.4) is 0 Å². The van der Waals surface area contributed by atoms with Crippen molar-refractivity contribution in [1.82, 2.24) is 30.3 Å². The van der Waals surface area contributed by atoms with E-state index in [0.717, 1.165) is 43.3 Å². The van der Waals surface area contributed by atoms with Crippen molar-refractivity contribution < 1.29 is 4.39 Å². The number of rotatable bonds is 2. The van der Waals surface area contributed by atoms with Gasteiger partial charge in [0, 0.05) is 19.5 Å². The molecule has 17 heavy (non-hydrogen) atoms. The number of nitrogens with zero attached hydrogens (tertiary/aromatic N) is 5. The predicted molar refractivity (Wildman–Crippen MR) is 56.5 cm³/mol. The van der Waals surface area contributed by atoms with Crippen molar-refractivity contribution in [3.8, 4) is 0 Å². The number of halogens is 1. The van der Waals surface area contributed by atoms with Crippen LogP contribution in [0.25, 0.3) is 0 Å². The number of aromatic nitrogens is 5. The zero-order valence-electron chi connectivity index (χ0n) is 9.10. The number of nitrogens with one attached hydrogen (secondary N) is 1. The smallest absolute Gasteiger partial charge is 0.159 e. The molecule has 0 spiro atoms. The van der Waals surface area contributed by atoms with Gasteiger partial charge in [-0.3, -0.25) is 0 Å². The third kappa shape index (κ3) is 2.01. The molecule has 6 nitrogen and oxygen atoms in total. The van der Waals surface area contributed by atoms with Crippen LogP contribution in [0.2, 0.25) is 0 Å². The largest absolute Gasteiger partial charge is 0.311 e. The molecule has 0 aromatic carbocycles. The summed E-state index contributed by atoms with van der Waals surface area (Å²) in [4.78, 5) is 7.82. The fraction of sp³-hybridized carbons (Fsp3) is 0.400. The maximum absolute atomic E-state index is 12.7. The van der Waals surface area contributed by atoms with Crippen LogP contribution in [-0.4, -0.2) is 31.5 Å². The fourth-order valence-electron chi connectivity index (χ4n) is 1.87. The second kappa shape index (κ2) is 4.17. The van der Waals surface area contributed by atoms with Crippen molar-refractivity contribution in [3.63, 3.8) is 0 Å². The molecule has 1 aliphatic heterocycles. The Hall–Kier alpha value is -1.89. The lowest BCUT2D eigenvalue weighted by molar-refractivity contribution is 0.561. The summed E-state index contributed by atoms with van der Waals surface area (Å²) >= 11 is 0. The Morgan fingerprint density at radius 2 is 2.18 bits per heavy atom. The van der Waals surface area contributed by atoms with Crippen LogP contribution in [-0.2, 0) is 19.5 Å². The average Bonchev–Trinajstić information content (AvgIpc) is 2.76. The summed E-state index contributed by atoms with van der Waals surface area (Å²) in [5.74, 6) is 0.108. The highest BCUT2D eigenvalue weighted by atomic mass is 19.1. The molecule has 0 unspecified atom stereocenters. The van der Waals surface area contributed by atoms with Crippen molar-refractivity contribution in [1.29, 1.82) is 0 Å². The molecule has 0 saturated carbocycles. The molecule has 0 saturated heterocycles. The quantitative estimate of drug-likeness (QED) is 0.786. The van der Waals surface area contributed by atoms with Crippen molar-refractivity contribution in [2.24, 2.45) is 0 Å². The van der Waals surface area contributed by atoms with Gasteiger partial charge in [-0.2, -0.15) is 0 Å². The molecule has 0 aliphatic carbocycles. The summed E-state index contributed by atoms with van der Waals surface area (Å²) in [6.07, 6.45) is 3.21. The first kappa shape index (κ1) is 10.3. The van der Waals surface area contributed by atoms with E-state index in [9.17, 15) is 4.39 Å². The predicted octanol–water partition coefficient (Wildman–Crippen LogP) is -0.0988. The first-order valence-electron chi connectivity index (χ1n) is 5.41. The van der Waals surface area contributed by atoms with Gasteiger partial charge in [-0.1, -0.05) is 5.21 Å². The van der Waals surface area contributed by atoms with Gasteiger partial charge in [-0.25, -0.2) is 19.0 Å². The zero-order chi connectivity index (χ0) is 11.7. The monoisotopic (exact) mass is 234 g/mol. The van der Waals surface area contributed by atoms with Gasteiger partial charge in [-0.15, -0.1) is 5.10 Å². The molecular formula is C10H11FN6. The minimum Gasteiger partial charge on any atom is -0.311 e. The highest BCUT2D eigenvalue weighted by Gasteiger charge is 2.16. The van der Waals surface area contributed by atoms with Crippen LogP contribution in [0.1, 0.15) is 17.2 Å². The molecule has 0 amide bonds. The minimum absolute atomic E-state index is 0.432. The third-order valence-electron chi connectivity index (χ3n) is 2.71. The van der Waals surface area contributed by atoms with Crippen molar-refractivity contribution in [2.75, 3.05) is 6.54 Å². The Bertz CT molecular complexity index is 520. The molecule has 88 valence electrons. The Kier molecular flexibility index (Phi) is 2.52. The van der Waals surface area contributed by atoms with Gasteiger partial charge < -0.3 is 5.32 Å². The Morgan fingerprint density at radius 1 is 1.35 bits per heavy atom. The molecular weight excluding hydrogens is 223 g/mol. The van der Waals surface area contributed by atoms with Gasteiger partial charge in [0.15, 0.2) is 5.82 Å². The Labute approximate surface area is 96.9 Å². The summed E-state index contributed by atoms with van der Waals surface area (Å²) < 4.78 is 14.5. The van der Waals surface area contributed by atoms with E-state index >= 15 is 0 Å². The van der Waals surface area contributed by atoms with E-state index in [1.54, 1.807) is 4.68 Å². The Morgan fingerprint density at radius 3 is 3.00 bits per heavy atom. The average molecular weight is 234 g/mol. The first-order valence-corrected chi connectivity index (χ1v) is 5.41. The van der Waals surface area contributed by atoms with Crippen LogP contribution in [0, 0.1) is 5.82 Å². The van der Waals surface area contributed by atoms with Gasteiger partial charge in [0.1, 0.15) is 12.4 Å². The van der Waals surface area contributed by atoms with Crippen LogP contribution < -0.4 is 5.32 Å². The number of fused-ring (bicyclic) bond motifs is 1. The van der Waals surface area contributed by atoms with Crippen LogP contribution >= 0.6 is 0 Å². The topological polar surface area (TPSA) is 68.5 Å². The summed E-state index contributed by atoms with van der Waals surface area (Å²) in [5.41, 5.74) is 2.08. The summed E-state index contributed by atoms with van der Waals surface area (Å²) in [6.45, 7) is 2.10. The van der Waals surface area contributed by atoms with E-state index in [1.807, 2.05) is 0 Å². The molecule has 2 aromatic rings. The van der Waals surface area contributed by atoms with Gasteiger partial charge in [0.05, 0.1) is 23.8 Å². The summed E-state index contributed by atoms with van der Waals surface area (Å²) in [7, 11) is 0. The lowest BCUT2D eigenvalue weighted by Crippen LogP contribution is -2.25. The summed E-state index contributed by atoms with van der Waals surface area (Å²) in [6, 6.07) is 0. The normalized spacial score (nSPS) is 14.6. The van der Waals surface area contributed by atoms with E-state index in [4.69, 9.17) is 0 Å². The standard InChI is InChI=1S/C10H11FN6/c11-7-3-13-10(14-4-7)6-17-9-1-2-12-5-8(9)15-16-17/h3-4,12H,1-2,5-6H2. The van der Waals surface area contributed by atoms with Gasteiger partial charge in [-0.05, 0) is 0 Å². The lowest BCUT2D eigenvalue weighted by atomic mass is 10.2. The molecule has 0 bridgehead atoms. The molecule has 1 aliphatic rings. The van der Waals surface area contributed by atoms with Crippen LogP contribution in [0.4, 0.5) is 4.39 Å². The molecule has 3 rings (SSSR count). The number of hydrogen-bond donors (Lipinski definition) is 1. The molecule has 0 radical (unpaired) electrons. The van der Waals surface area contributed by atoms with Gasteiger partial charge in [0.25, 0.3) is 0 Å². The lowest BCUT2D eigenvalue weighted by Gasteiger charge is -2.12. The maximum Gasteiger partial charge on any atom is 0.159 e. The zero-order valence-corrected chi connectivity index (χ0v) is 9.10. The molecule has 1 N–H and O–H groups in total. The third-order valence-corrected chi connectivity index (χ3v) is 2.71. The van der Waals surface area contributed by atoms with E-state index in [1.165, 1.54) is 0 Å². The van der Waals surface area contributed by atoms with Gasteiger partial charge in [0.2, 0.25) is 0 Å². The van der Waals surface area contributed by atoms with Crippen molar-refractivity contribution in [3.05, 3.63) is 35.4 Å². The van der Waals surface area contributed by atoms with E-state index in [0.29, 0.717) is 12.4 Å². The molecule has 7 heteroatoms. The molecule has 3 heterocycles. The first-order chi connectivity index (χ1) is 8.33. The maximum atomic E-state index is 12.7. The highest BCUT2D eigenvalue weighted by Crippen LogP contribution is 2.11. The van der Waals surface area contributed by atoms with Crippen LogP contribution in [0.5, 0.6) is 0 Å². The summed E-state index contributed by atoms with van der Waals surface area (Å²) in [5, 5.41) is 11.4. The van der Waals surface area contributed by atoms with E-state index < -0.39 is 5.82 Å². The fourth-order valence-corrected chi connectivity index (χ4v) is 1.87. The van der Waals surface area contributed by atoms with E-state index in [-0.39, 0.29) is 0 Å². The van der Waals surface area contributed by atoms with Crippen molar-refractivity contribution >= 4 is 0 Å². The second-order valence-corrected chi connectivity index (χ2v) is 3.88. The van der Waals surface area contributed by atoms with E-state index in [2.05, 4.69) is 25.6 Å². The molecule has 0 atom stereocenters. The Balaban J connectivity index is 1.85. The second-order valence-electron chi connectivity index (χ2n) is 3.88. The highest BCUT2D eigenvalue weighted by molar-refractivity contribution is 5.14. The number of hydrogen-bond acceptors (Lipinski definition) is 5. The van der Waals surface area contributed by atoms with Crippen LogP contribution in [0.15, 0.2) is 12.4 Å².